The number of Topliss-reactive ketones (excluding diaryl/α,β-unsaturated/α-hetero) is 2. The molecule has 3 rings (SSSR count). The second-order valence-electron chi connectivity index (χ2n) is 6.73. The third-order valence-corrected chi connectivity index (χ3v) is 4.70. The highest BCUT2D eigenvalue weighted by Crippen LogP contribution is 2.27. The van der Waals surface area contributed by atoms with Gasteiger partial charge in [-0.2, -0.15) is 0 Å². The van der Waals surface area contributed by atoms with Crippen LogP contribution >= 0.6 is 0 Å². The number of benzene rings is 2. The van der Waals surface area contributed by atoms with Crippen LogP contribution in [0.25, 0.3) is 17.0 Å². The van der Waals surface area contributed by atoms with Gasteiger partial charge in [0, 0.05) is 12.4 Å². The van der Waals surface area contributed by atoms with E-state index >= 15 is 0 Å². The number of allylic oxidation sites excluding steroid dienone is 5. The highest BCUT2D eigenvalue weighted by atomic mass is 16.3. The first-order valence-electron chi connectivity index (χ1n) is 9.38. The average Bonchev–Trinajstić information content (AvgIpc) is 2.75. The molecule has 1 aromatic heterocycles. The third kappa shape index (κ3) is 4.20. The normalized spacial score (nSPS) is 12.1. The number of aromatic hydroxyl groups is 1. The summed E-state index contributed by atoms with van der Waals surface area (Å²) >= 11 is 0. The number of nitrogens with zero attached hydrogens (tertiary/aromatic N) is 1. The van der Waals surface area contributed by atoms with Crippen molar-refractivity contribution < 1.29 is 14.7 Å². The second kappa shape index (κ2) is 9.01. The Morgan fingerprint density at radius 2 is 1.60 bits per heavy atom. The molecule has 3 aromatic rings. The summed E-state index contributed by atoms with van der Waals surface area (Å²) in [6, 6.07) is 16.4. The number of aromatic nitrogens is 1. The lowest BCUT2D eigenvalue weighted by atomic mass is 9.98. The fourth-order valence-corrected chi connectivity index (χ4v) is 3.12. The number of carbonyl (C=O) groups is 2. The monoisotopic (exact) mass is 399 g/mol. The molecule has 0 saturated carbocycles. The number of para-hydroxylation sites is 1. The molecule has 0 unspecified atom stereocenters. The Morgan fingerprint density at radius 1 is 0.933 bits per heavy atom. The summed E-state index contributed by atoms with van der Waals surface area (Å²) in [5, 5.41) is 11.0. The lowest BCUT2D eigenvalue weighted by Gasteiger charge is -2.11. The molecule has 0 aliphatic heterocycles. The zero-order valence-corrected chi connectivity index (χ0v) is 16.7. The van der Waals surface area contributed by atoms with Crippen LogP contribution in [-0.2, 0) is 11.8 Å². The van der Waals surface area contributed by atoms with E-state index in [2.05, 4.69) is 0 Å². The molecule has 0 saturated heterocycles. The van der Waals surface area contributed by atoms with Gasteiger partial charge < -0.3 is 9.67 Å². The highest BCUT2D eigenvalue weighted by Gasteiger charge is 2.25. The lowest BCUT2D eigenvalue weighted by molar-refractivity contribution is -0.113. The van der Waals surface area contributed by atoms with E-state index in [0.717, 1.165) is 5.56 Å². The predicted octanol–water partition coefficient (Wildman–Crippen LogP) is 4.21. The molecular weight excluding hydrogens is 378 g/mol. The molecule has 0 fully saturated rings. The summed E-state index contributed by atoms with van der Waals surface area (Å²) in [6.07, 6.45) is 8.25. The molecule has 30 heavy (non-hydrogen) atoms. The standard InChI is InChI=1S/C25H21NO4/c1-17(27)19(14-8-4-7-13-18-11-5-3-6-12-18)23(28)22-24(29)20-15-9-10-16-21(20)26(2)25(22)30/h3-16,29H,1-2H3. The molecule has 2 aromatic carbocycles. The van der Waals surface area contributed by atoms with Crippen LogP contribution in [0.15, 0.2) is 89.3 Å². The number of pyridine rings is 1. The Labute approximate surface area is 173 Å². The molecule has 1 heterocycles. The lowest BCUT2D eigenvalue weighted by Crippen LogP contribution is -2.27. The SMILES string of the molecule is CC(=O)C(=CC=CC=Cc1ccccc1)C(=O)c1c(O)c2ccccc2n(C)c1=O. The Morgan fingerprint density at radius 3 is 2.30 bits per heavy atom. The summed E-state index contributed by atoms with van der Waals surface area (Å²) in [6.45, 7) is 1.25. The van der Waals surface area contributed by atoms with Crippen molar-refractivity contribution in [1.29, 1.82) is 0 Å². The van der Waals surface area contributed by atoms with Gasteiger partial charge in [0.15, 0.2) is 5.78 Å². The molecule has 5 heteroatoms. The van der Waals surface area contributed by atoms with Gasteiger partial charge in [-0.1, -0.05) is 66.8 Å². The zero-order valence-electron chi connectivity index (χ0n) is 16.7. The van der Waals surface area contributed by atoms with E-state index in [0.29, 0.717) is 10.9 Å². The third-order valence-electron chi connectivity index (χ3n) is 4.70. The zero-order chi connectivity index (χ0) is 21.7. The Bertz CT molecular complexity index is 1260. The fourth-order valence-electron chi connectivity index (χ4n) is 3.12. The summed E-state index contributed by atoms with van der Waals surface area (Å²) in [5.41, 5.74) is 0.263. The van der Waals surface area contributed by atoms with Crippen LogP contribution in [0.4, 0.5) is 0 Å². The van der Waals surface area contributed by atoms with Gasteiger partial charge in [-0.25, -0.2) is 0 Å². The van der Waals surface area contributed by atoms with E-state index in [-0.39, 0.29) is 5.57 Å². The summed E-state index contributed by atoms with van der Waals surface area (Å²) in [5.74, 6) is -1.71. The van der Waals surface area contributed by atoms with E-state index in [9.17, 15) is 19.5 Å². The van der Waals surface area contributed by atoms with Crippen LogP contribution in [0, 0.1) is 0 Å². The number of fused-ring (bicyclic) bond motifs is 1. The fraction of sp³-hybridized carbons (Fsp3) is 0.0800. The van der Waals surface area contributed by atoms with Crippen LogP contribution in [0.3, 0.4) is 0 Å². The van der Waals surface area contributed by atoms with Gasteiger partial charge in [-0.3, -0.25) is 14.4 Å². The largest absolute Gasteiger partial charge is 0.506 e. The summed E-state index contributed by atoms with van der Waals surface area (Å²) in [7, 11) is 1.52. The number of ketones is 2. The number of carbonyl (C=O) groups excluding carboxylic acids is 2. The van der Waals surface area contributed by atoms with Gasteiger partial charge in [0.25, 0.3) is 5.56 Å². The van der Waals surface area contributed by atoms with Gasteiger partial charge in [0.1, 0.15) is 11.3 Å². The highest BCUT2D eigenvalue weighted by molar-refractivity contribution is 6.27. The minimum absolute atomic E-state index is 0.179. The van der Waals surface area contributed by atoms with Gasteiger partial charge >= 0.3 is 0 Å². The van der Waals surface area contributed by atoms with Crippen molar-refractivity contribution in [3.8, 4) is 5.75 Å². The Kier molecular flexibility index (Phi) is 6.23. The number of rotatable bonds is 6. The van der Waals surface area contributed by atoms with E-state index in [1.807, 2.05) is 36.4 Å². The van der Waals surface area contributed by atoms with E-state index < -0.39 is 28.4 Å². The van der Waals surface area contributed by atoms with Crippen molar-refractivity contribution in [2.45, 2.75) is 6.92 Å². The molecule has 0 spiro atoms. The van der Waals surface area contributed by atoms with E-state index in [1.54, 1.807) is 42.5 Å². The van der Waals surface area contributed by atoms with Crippen molar-refractivity contribution in [2.75, 3.05) is 0 Å². The first-order chi connectivity index (χ1) is 14.4. The predicted molar refractivity (Wildman–Crippen MR) is 119 cm³/mol. The van der Waals surface area contributed by atoms with Crippen molar-refractivity contribution in [2.24, 2.45) is 7.05 Å². The minimum Gasteiger partial charge on any atom is -0.506 e. The molecule has 0 bridgehead atoms. The smallest absolute Gasteiger partial charge is 0.265 e. The maximum absolute atomic E-state index is 13.0. The minimum atomic E-state index is -0.803. The van der Waals surface area contributed by atoms with E-state index in [1.165, 1.54) is 24.6 Å². The van der Waals surface area contributed by atoms with Crippen LogP contribution in [-0.4, -0.2) is 21.2 Å². The summed E-state index contributed by atoms with van der Waals surface area (Å²) < 4.78 is 1.29. The number of aryl methyl sites for hydroxylation is 1. The molecule has 5 nitrogen and oxygen atoms in total. The number of hydrogen-bond acceptors (Lipinski definition) is 4. The Balaban J connectivity index is 1.98. The first-order valence-corrected chi connectivity index (χ1v) is 9.38. The number of hydrogen-bond donors (Lipinski definition) is 1. The second-order valence-corrected chi connectivity index (χ2v) is 6.73. The molecule has 1 N–H and O–H groups in total. The topological polar surface area (TPSA) is 76.4 Å². The van der Waals surface area contributed by atoms with Crippen molar-refractivity contribution in [3.05, 3.63) is 106 Å². The molecule has 0 amide bonds. The van der Waals surface area contributed by atoms with Gasteiger partial charge in [-0.05, 0) is 30.7 Å². The van der Waals surface area contributed by atoms with Gasteiger partial charge in [0.05, 0.1) is 11.1 Å². The van der Waals surface area contributed by atoms with E-state index in [4.69, 9.17) is 0 Å². The van der Waals surface area contributed by atoms with Crippen molar-refractivity contribution >= 4 is 28.5 Å². The summed E-state index contributed by atoms with van der Waals surface area (Å²) in [4.78, 5) is 37.8. The molecular formula is C25H21NO4. The Hall–Kier alpha value is -3.99. The van der Waals surface area contributed by atoms with Crippen molar-refractivity contribution in [1.82, 2.24) is 4.57 Å². The van der Waals surface area contributed by atoms with Crippen LogP contribution < -0.4 is 5.56 Å². The average molecular weight is 399 g/mol. The molecule has 0 aliphatic rings. The molecule has 0 aliphatic carbocycles. The van der Waals surface area contributed by atoms with Crippen LogP contribution in [0.5, 0.6) is 5.75 Å². The van der Waals surface area contributed by atoms with Gasteiger partial charge in [-0.15, -0.1) is 0 Å². The maximum atomic E-state index is 13.0. The van der Waals surface area contributed by atoms with Crippen molar-refractivity contribution in [3.63, 3.8) is 0 Å². The molecule has 150 valence electrons. The van der Waals surface area contributed by atoms with Crippen LogP contribution in [0.2, 0.25) is 0 Å². The molecule has 0 radical (unpaired) electrons. The van der Waals surface area contributed by atoms with Crippen LogP contribution in [0.1, 0.15) is 22.8 Å². The quantitative estimate of drug-likeness (QED) is 0.221. The first kappa shape index (κ1) is 20.7. The molecule has 0 atom stereocenters. The van der Waals surface area contributed by atoms with Gasteiger partial charge in [0.2, 0.25) is 5.78 Å². The maximum Gasteiger partial charge on any atom is 0.265 e.